The molecule has 8 nitrogen and oxygen atoms in total. The van der Waals surface area contributed by atoms with Crippen LogP contribution in [0.25, 0.3) is 10.9 Å². The second kappa shape index (κ2) is 16.6. The minimum atomic E-state index is -0.622. The van der Waals surface area contributed by atoms with Gasteiger partial charge in [-0.2, -0.15) is 0 Å². The molecule has 4 aromatic rings. The largest absolute Gasteiger partial charge is 0.463 e. The molecule has 0 aliphatic carbocycles. The Balaban J connectivity index is 1.36. The Kier molecular flexibility index (Phi) is 11.8. The van der Waals surface area contributed by atoms with E-state index in [1.54, 1.807) is 4.90 Å². The lowest BCUT2D eigenvalue weighted by molar-refractivity contribution is -0.150. The predicted molar refractivity (Wildman–Crippen MR) is 179 cm³/mol. The normalized spacial score (nSPS) is 19.4. The molecule has 0 spiro atoms. The molecule has 0 saturated carbocycles. The van der Waals surface area contributed by atoms with Gasteiger partial charge in [-0.25, -0.2) is 0 Å². The molecule has 3 aromatic carbocycles. The van der Waals surface area contributed by atoms with Crippen molar-refractivity contribution >= 4 is 28.7 Å². The number of cyclic esters (lactones) is 1. The third-order valence-electron chi connectivity index (χ3n) is 8.57. The number of amides is 2. The molecule has 8 heteroatoms. The van der Waals surface area contributed by atoms with Gasteiger partial charge in [0.05, 0.1) is 24.5 Å². The lowest BCUT2D eigenvalue weighted by Gasteiger charge is -2.26. The van der Waals surface area contributed by atoms with Crippen LogP contribution in [0.5, 0.6) is 0 Å². The number of nitrogens with one attached hydrogen (secondary N) is 2. The van der Waals surface area contributed by atoms with Gasteiger partial charge >= 0.3 is 5.97 Å². The number of aliphatic hydroxyl groups excluding tert-OH is 1. The maximum atomic E-state index is 13.9. The first kappa shape index (κ1) is 32.7. The van der Waals surface area contributed by atoms with Crippen molar-refractivity contribution in [3.8, 4) is 0 Å². The zero-order valence-electron chi connectivity index (χ0n) is 26.1. The smallest absolute Gasteiger partial charge is 0.309 e. The maximum Gasteiger partial charge on any atom is 0.309 e. The van der Waals surface area contributed by atoms with Crippen LogP contribution in [0.1, 0.15) is 42.4 Å². The molecule has 240 valence electrons. The summed E-state index contributed by atoms with van der Waals surface area (Å²) < 4.78 is 5.92. The number of fused-ring (bicyclic) bond motifs is 1. The van der Waals surface area contributed by atoms with Crippen molar-refractivity contribution in [3.05, 3.63) is 120 Å². The molecule has 3 unspecified atom stereocenters. The number of aromatic nitrogens is 1. The first-order valence-electron chi connectivity index (χ1n) is 16.1. The summed E-state index contributed by atoms with van der Waals surface area (Å²) in [5.41, 5.74) is 4.02. The van der Waals surface area contributed by atoms with Crippen LogP contribution in [0.4, 0.5) is 0 Å². The van der Waals surface area contributed by atoms with Gasteiger partial charge in [0.2, 0.25) is 11.8 Å². The van der Waals surface area contributed by atoms with Crippen molar-refractivity contribution in [2.24, 2.45) is 11.8 Å². The maximum absolute atomic E-state index is 13.9. The van der Waals surface area contributed by atoms with Gasteiger partial charge in [-0.1, -0.05) is 91.0 Å². The minimum absolute atomic E-state index is 0.000762. The summed E-state index contributed by atoms with van der Waals surface area (Å²) in [5, 5.41) is 13.9. The summed E-state index contributed by atoms with van der Waals surface area (Å²) in [4.78, 5) is 45.7. The molecule has 46 heavy (non-hydrogen) atoms. The van der Waals surface area contributed by atoms with Crippen LogP contribution in [-0.4, -0.2) is 58.6 Å². The average Bonchev–Trinajstić information content (AvgIpc) is 3.48. The van der Waals surface area contributed by atoms with Crippen LogP contribution in [0.15, 0.2) is 103 Å². The number of rotatable bonds is 10. The number of ether oxygens (including phenoxy) is 1. The van der Waals surface area contributed by atoms with Gasteiger partial charge in [0.25, 0.3) is 0 Å². The summed E-state index contributed by atoms with van der Waals surface area (Å²) in [5.74, 6) is -1.68. The van der Waals surface area contributed by atoms with E-state index in [1.807, 2.05) is 103 Å². The molecule has 1 aromatic heterocycles. The van der Waals surface area contributed by atoms with Crippen molar-refractivity contribution in [2.75, 3.05) is 19.8 Å². The van der Waals surface area contributed by atoms with Crippen LogP contribution < -0.4 is 5.32 Å². The van der Waals surface area contributed by atoms with Crippen molar-refractivity contribution in [2.45, 2.75) is 51.1 Å². The highest BCUT2D eigenvalue weighted by Gasteiger charge is 2.28. The molecule has 3 N–H and O–H groups in total. The van der Waals surface area contributed by atoms with Gasteiger partial charge in [0, 0.05) is 36.6 Å². The zero-order valence-corrected chi connectivity index (χ0v) is 26.1. The summed E-state index contributed by atoms with van der Waals surface area (Å²) in [6.07, 6.45) is 8.54. The molecule has 0 radical (unpaired) electrons. The number of nitrogens with zero attached hydrogens (tertiary/aromatic N) is 1. The van der Waals surface area contributed by atoms with Crippen molar-refractivity contribution < 1.29 is 24.2 Å². The van der Waals surface area contributed by atoms with Gasteiger partial charge in [-0.3, -0.25) is 14.4 Å². The molecule has 2 heterocycles. The summed E-state index contributed by atoms with van der Waals surface area (Å²) in [6.45, 7) is 0.387. The van der Waals surface area contributed by atoms with E-state index in [9.17, 15) is 19.5 Å². The molecule has 1 aliphatic rings. The highest BCUT2D eigenvalue weighted by atomic mass is 16.5. The van der Waals surface area contributed by atoms with E-state index in [-0.39, 0.29) is 49.9 Å². The number of esters is 1. The quantitative estimate of drug-likeness (QED) is 0.163. The number of carbonyl (C=O) groups excluding carboxylic acids is 3. The Morgan fingerprint density at radius 2 is 1.59 bits per heavy atom. The fraction of sp³-hybridized carbons (Fsp3) is 0.342. The molecule has 5 rings (SSSR count). The number of para-hydroxylation sites is 1. The SMILES string of the molecule is O=C1NC(Cc2c[nH]c3ccccc23)COC(=O)C(Cc2ccccc2)CCC=CCC1CC(=O)N(CCO)Cc1ccccc1. The van der Waals surface area contributed by atoms with E-state index >= 15 is 0 Å². The van der Waals surface area contributed by atoms with Crippen LogP contribution >= 0.6 is 0 Å². The first-order chi connectivity index (χ1) is 22.5. The second-order valence-corrected chi connectivity index (χ2v) is 12.0. The number of allylic oxidation sites excluding steroid dienone is 2. The van der Waals surface area contributed by atoms with Crippen LogP contribution in [0.3, 0.4) is 0 Å². The number of hydrogen-bond donors (Lipinski definition) is 3. The van der Waals surface area contributed by atoms with Crippen LogP contribution in [-0.2, 0) is 38.5 Å². The fourth-order valence-electron chi connectivity index (χ4n) is 6.05. The summed E-state index contributed by atoms with van der Waals surface area (Å²) in [6, 6.07) is 27.0. The number of H-pyrrole nitrogens is 1. The highest BCUT2D eigenvalue weighted by Crippen LogP contribution is 2.22. The number of aromatic amines is 1. The van der Waals surface area contributed by atoms with Gasteiger partial charge in [0.1, 0.15) is 6.61 Å². The third kappa shape index (κ3) is 9.17. The predicted octanol–water partition coefficient (Wildman–Crippen LogP) is 5.36. The summed E-state index contributed by atoms with van der Waals surface area (Å²) >= 11 is 0. The molecule has 0 fully saturated rings. The number of benzene rings is 3. The van der Waals surface area contributed by atoms with Crippen molar-refractivity contribution in [1.82, 2.24) is 15.2 Å². The van der Waals surface area contributed by atoms with E-state index in [2.05, 4.69) is 10.3 Å². The first-order valence-corrected chi connectivity index (χ1v) is 16.1. The molecule has 0 saturated heterocycles. The fourth-order valence-corrected chi connectivity index (χ4v) is 6.05. The molecular formula is C38H43N3O5. The molecule has 0 bridgehead atoms. The van der Waals surface area contributed by atoms with Gasteiger partial charge in [-0.05, 0) is 54.9 Å². The Morgan fingerprint density at radius 1 is 0.870 bits per heavy atom. The van der Waals surface area contributed by atoms with E-state index in [0.29, 0.717) is 38.6 Å². The number of carbonyl (C=O) groups is 3. The zero-order chi connectivity index (χ0) is 32.1. The van der Waals surface area contributed by atoms with Gasteiger partial charge in [0.15, 0.2) is 0 Å². The van der Waals surface area contributed by atoms with E-state index < -0.39 is 12.0 Å². The van der Waals surface area contributed by atoms with Gasteiger partial charge in [-0.15, -0.1) is 0 Å². The molecule has 3 atom stereocenters. The second-order valence-electron chi connectivity index (χ2n) is 12.0. The van der Waals surface area contributed by atoms with Crippen LogP contribution in [0.2, 0.25) is 0 Å². The van der Waals surface area contributed by atoms with E-state index in [4.69, 9.17) is 4.74 Å². The Bertz CT molecular complexity index is 1600. The standard InChI is InChI=1S/C38H43N3O5/c42-21-20-41(26-29-14-6-2-7-15-29)36(43)24-30-16-8-3-9-17-31(22-28-12-4-1-5-13-28)38(45)46-27-33(40-37(30)44)23-32-25-39-35-19-11-10-18-34(32)35/h1-8,10-15,18-19,25,30-31,33,39,42H,9,16-17,20-24,26-27H2,(H,40,44). The van der Waals surface area contributed by atoms with Gasteiger partial charge < -0.3 is 25.0 Å². The van der Waals surface area contributed by atoms with Crippen LogP contribution in [0, 0.1) is 11.8 Å². The monoisotopic (exact) mass is 621 g/mol. The Labute approximate surface area is 270 Å². The molecule has 1 aliphatic heterocycles. The highest BCUT2D eigenvalue weighted by molar-refractivity contribution is 5.87. The minimum Gasteiger partial charge on any atom is -0.463 e. The summed E-state index contributed by atoms with van der Waals surface area (Å²) in [7, 11) is 0. The number of hydrogen-bond acceptors (Lipinski definition) is 5. The molecule has 2 amide bonds. The Hall–Kier alpha value is -4.69. The lowest BCUT2D eigenvalue weighted by atomic mass is 9.94. The average molecular weight is 622 g/mol. The Morgan fingerprint density at radius 3 is 2.35 bits per heavy atom. The topological polar surface area (TPSA) is 112 Å². The molecular weight excluding hydrogens is 578 g/mol. The lowest BCUT2D eigenvalue weighted by Crippen LogP contribution is -2.45. The third-order valence-corrected chi connectivity index (χ3v) is 8.57. The number of aliphatic hydroxyl groups is 1. The van der Waals surface area contributed by atoms with E-state index in [0.717, 1.165) is 27.6 Å². The van der Waals surface area contributed by atoms with Crippen molar-refractivity contribution in [3.63, 3.8) is 0 Å². The van der Waals surface area contributed by atoms with E-state index in [1.165, 1.54) is 0 Å². The van der Waals surface area contributed by atoms with Crippen molar-refractivity contribution in [1.29, 1.82) is 0 Å².